The van der Waals surface area contributed by atoms with E-state index in [4.69, 9.17) is 14.2 Å². The van der Waals surface area contributed by atoms with Gasteiger partial charge >= 0.3 is 0 Å². The van der Waals surface area contributed by atoms with Crippen molar-refractivity contribution < 1.29 is 27.4 Å². The van der Waals surface area contributed by atoms with Gasteiger partial charge in [-0.25, -0.2) is 13.1 Å². The van der Waals surface area contributed by atoms with Crippen LogP contribution in [0.15, 0.2) is 47.4 Å². The summed E-state index contributed by atoms with van der Waals surface area (Å²) < 4.78 is 43.9. The summed E-state index contributed by atoms with van der Waals surface area (Å²) in [6, 6.07) is 11.9. The first-order chi connectivity index (χ1) is 14.4. The van der Waals surface area contributed by atoms with E-state index in [9.17, 15) is 13.2 Å². The fourth-order valence-corrected chi connectivity index (χ4v) is 4.65. The number of benzene rings is 2. The first-order valence-corrected chi connectivity index (χ1v) is 11.1. The Balaban J connectivity index is 1.67. The maximum absolute atomic E-state index is 12.8. The molecule has 2 aromatic rings. The van der Waals surface area contributed by atoms with E-state index < -0.39 is 10.0 Å². The van der Waals surface area contributed by atoms with Gasteiger partial charge in [-0.1, -0.05) is 0 Å². The number of nitrogens with zero attached hydrogens (tertiary/aromatic N) is 1. The smallest absolute Gasteiger partial charge is 0.244 e. The highest BCUT2D eigenvalue weighted by Crippen LogP contribution is 2.29. The number of carbonyl (C=O) groups is 1. The number of hydrogen-bond acceptors (Lipinski definition) is 6. The van der Waals surface area contributed by atoms with Crippen LogP contribution in [0.5, 0.6) is 17.2 Å². The van der Waals surface area contributed by atoms with E-state index in [1.165, 1.54) is 20.3 Å². The maximum atomic E-state index is 12.8. The molecule has 1 N–H and O–H groups in total. The van der Waals surface area contributed by atoms with Crippen LogP contribution in [0.2, 0.25) is 0 Å². The lowest BCUT2D eigenvalue weighted by atomic mass is 10.1. The van der Waals surface area contributed by atoms with Crippen LogP contribution in [0.4, 0.5) is 5.69 Å². The average Bonchev–Trinajstić information content (AvgIpc) is 3.13. The summed E-state index contributed by atoms with van der Waals surface area (Å²) in [5.74, 6) is 1.19. The van der Waals surface area contributed by atoms with Crippen LogP contribution in [0.1, 0.15) is 13.3 Å². The van der Waals surface area contributed by atoms with Gasteiger partial charge in [0, 0.05) is 31.3 Å². The molecule has 3 rings (SSSR count). The summed E-state index contributed by atoms with van der Waals surface area (Å²) in [6.07, 6.45) is 0.269. The van der Waals surface area contributed by atoms with Gasteiger partial charge in [0.1, 0.15) is 22.1 Å². The molecule has 0 saturated carbocycles. The van der Waals surface area contributed by atoms with Gasteiger partial charge in [0.25, 0.3) is 0 Å². The van der Waals surface area contributed by atoms with Crippen LogP contribution in [-0.2, 0) is 14.8 Å². The van der Waals surface area contributed by atoms with Gasteiger partial charge in [0.2, 0.25) is 15.9 Å². The summed E-state index contributed by atoms with van der Waals surface area (Å²) in [6.45, 7) is 3.06. The van der Waals surface area contributed by atoms with Crippen molar-refractivity contribution >= 4 is 21.6 Å². The second-order valence-corrected chi connectivity index (χ2v) is 8.61. The molecule has 0 unspecified atom stereocenters. The minimum atomic E-state index is -3.84. The van der Waals surface area contributed by atoms with E-state index in [-0.39, 0.29) is 35.4 Å². The number of rotatable bonds is 9. The van der Waals surface area contributed by atoms with E-state index in [2.05, 4.69) is 4.72 Å². The summed E-state index contributed by atoms with van der Waals surface area (Å²) >= 11 is 0. The third-order valence-corrected chi connectivity index (χ3v) is 6.33. The lowest BCUT2D eigenvalue weighted by Crippen LogP contribution is -2.31. The lowest BCUT2D eigenvalue weighted by molar-refractivity contribution is -0.117. The summed E-state index contributed by atoms with van der Waals surface area (Å²) in [4.78, 5) is 14.1. The molecule has 1 heterocycles. The van der Waals surface area contributed by atoms with E-state index in [0.29, 0.717) is 18.9 Å². The van der Waals surface area contributed by atoms with E-state index in [1.807, 2.05) is 31.2 Å². The average molecular weight is 435 g/mol. The molecule has 30 heavy (non-hydrogen) atoms. The molecule has 0 radical (unpaired) electrons. The van der Waals surface area contributed by atoms with E-state index >= 15 is 0 Å². The molecule has 162 valence electrons. The first-order valence-electron chi connectivity index (χ1n) is 9.63. The van der Waals surface area contributed by atoms with Crippen LogP contribution < -0.4 is 23.8 Å². The lowest BCUT2D eigenvalue weighted by Gasteiger charge is -2.18. The van der Waals surface area contributed by atoms with Crippen LogP contribution in [0.3, 0.4) is 0 Å². The van der Waals surface area contributed by atoms with Crippen molar-refractivity contribution in [1.29, 1.82) is 0 Å². The monoisotopic (exact) mass is 434 g/mol. The molecule has 0 bridgehead atoms. The Morgan fingerprint density at radius 1 is 1.07 bits per heavy atom. The number of carbonyl (C=O) groups excluding carboxylic acids is 1. The molecule has 0 aliphatic carbocycles. The highest BCUT2D eigenvalue weighted by Gasteiger charge is 2.32. The van der Waals surface area contributed by atoms with Gasteiger partial charge in [-0.05, 0) is 49.2 Å². The summed E-state index contributed by atoms with van der Waals surface area (Å²) in [5, 5.41) is 0. The number of sulfonamides is 1. The molecule has 9 heteroatoms. The molecule has 1 saturated heterocycles. The fourth-order valence-electron chi connectivity index (χ4n) is 3.36. The molecule has 1 aliphatic heterocycles. The molecule has 1 fully saturated rings. The van der Waals surface area contributed by atoms with Gasteiger partial charge in [-0.3, -0.25) is 4.79 Å². The largest absolute Gasteiger partial charge is 0.497 e. The third kappa shape index (κ3) is 4.85. The molecule has 2 aromatic carbocycles. The van der Waals surface area contributed by atoms with Gasteiger partial charge in [-0.2, -0.15) is 0 Å². The van der Waals surface area contributed by atoms with Gasteiger partial charge in [-0.15, -0.1) is 0 Å². The standard InChI is InChI=1S/C21H26N2O6S/c1-4-29-17-7-5-16(6-8-17)23-14-15(11-21(23)24)13-22-30(25,26)20-12-18(27-2)9-10-19(20)28-3/h5-10,12,15,22H,4,11,13-14H2,1-3H3/t15-/m1/s1. The number of amides is 1. The second kappa shape index (κ2) is 9.36. The SMILES string of the molecule is CCOc1ccc(N2C[C@@H](CNS(=O)(=O)c3cc(OC)ccc3OC)CC2=O)cc1. The van der Waals surface area contributed by atoms with E-state index in [1.54, 1.807) is 17.0 Å². The normalized spacial score (nSPS) is 16.6. The quantitative estimate of drug-likeness (QED) is 0.652. The Labute approximate surface area is 176 Å². The Kier molecular flexibility index (Phi) is 6.84. The van der Waals surface area contributed by atoms with Crippen LogP contribution in [-0.4, -0.2) is 48.2 Å². The minimum Gasteiger partial charge on any atom is -0.497 e. The zero-order valence-corrected chi connectivity index (χ0v) is 18.1. The number of anilines is 1. The molecule has 1 amide bonds. The molecule has 1 aliphatic rings. The van der Waals surface area contributed by atoms with Crippen molar-refractivity contribution in [2.45, 2.75) is 18.2 Å². The van der Waals surface area contributed by atoms with Crippen molar-refractivity contribution in [3.8, 4) is 17.2 Å². The Morgan fingerprint density at radius 3 is 2.40 bits per heavy atom. The van der Waals surface area contributed by atoms with Gasteiger partial charge in [0.05, 0.1) is 20.8 Å². The Morgan fingerprint density at radius 2 is 1.77 bits per heavy atom. The fraction of sp³-hybridized carbons (Fsp3) is 0.381. The number of nitrogens with one attached hydrogen (secondary N) is 1. The van der Waals surface area contributed by atoms with Crippen molar-refractivity contribution in [3.63, 3.8) is 0 Å². The second-order valence-electron chi connectivity index (χ2n) is 6.87. The summed E-state index contributed by atoms with van der Waals surface area (Å²) in [7, 11) is -0.965. The maximum Gasteiger partial charge on any atom is 0.244 e. The third-order valence-electron chi connectivity index (χ3n) is 4.89. The Bertz CT molecular complexity index is 991. The van der Waals surface area contributed by atoms with Gasteiger partial charge in [0.15, 0.2) is 0 Å². The molecule has 0 spiro atoms. The van der Waals surface area contributed by atoms with Crippen LogP contribution >= 0.6 is 0 Å². The van der Waals surface area contributed by atoms with Crippen molar-refractivity contribution in [3.05, 3.63) is 42.5 Å². The van der Waals surface area contributed by atoms with Crippen LogP contribution in [0.25, 0.3) is 0 Å². The number of methoxy groups -OCH3 is 2. The molecular weight excluding hydrogens is 408 g/mol. The zero-order chi connectivity index (χ0) is 21.7. The molecule has 8 nitrogen and oxygen atoms in total. The Hall–Kier alpha value is -2.78. The summed E-state index contributed by atoms with van der Waals surface area (Å²) in [5.41, 5.74) is 0.767. The predicted octanol–water partition coefficient (Wildman–Crippen LogP) is 2.43. The van der Waals surface area contributed by atoms with Crippen LogP contribution in [0, 0.1) is 5.92 Å². The van der Waals surface area contributed by atoms with Crippen molar-refractivity contribution in [1.82, 2.24) is 4.72 Å². The van der Waals surface area contributed by atoms with Crippen molar-refractivity contribution in [2.24, 2.45) is 5.92 Å². The topological polar surface area (TPSA) is 94.2 Å². The predicted molar refractivity (Wildman–Crippen MR) is 113 cm³/mol. The highest BCUT2D eigenvalue weighted by atomic mass is 32.2. The van der Waals surface area contributed by atoms with Gasteiger partial charge < -0.3 is 19.1 Å². The number of ether oxygens (including phenoxy) is 3. The van der Waals surface area contributed by atoms with Crippen molar-refractivity contribution in [2.75, 3.05) is 38.8 Å². The molecule has 0 aromatic heterocycles. The molecule has 1 atom stereocenters. The minimum absolute atomic E-state index is 0.00274. The first kappa shape index (κ1) is 21.9. The molecular formula is C21H26N2O6S. The van der Waals surface area contributed by atoms with E-state index in [0.717, 1.165) is 11.4 Å². The zero-order valence-electron chi connectivity index (χ0n) is 17.3. The number of hydrogen-bond donors (Lipinski definition) is 1. The highest BCUT2D eigenvalue weighted by molar-refractivity contribution is 7.89.